The Morgan fingerprint density at radius 3 is 2.40 bits per heavy atom. The highest BCUT2D eigenvalue weighted by Crippen LogP contribution is 2.35. The van der Waals surface area contributed by atoms with Crippen molar-refractivity contribution < 1.29 is 14.3 Å². The van der Waals surface area contributed by atoms with Gasteiger partial charge in [0.1, 0.15) is 12.4 Å². The summed E-state index contributed by atoms with van der Waals surface area (Å²) in [4.78, 5) is 27.2. The first-order valence-electron chi connectivity index (χ1n) is 10.9. The van der Waals surface area contributed by atoms with Crippen LogP contribution in [-0.2, 0) is 17.9 Å². The number of nitrogens with zero attached hydrogens (tertiary/aromatic N) is 1. The summed E-state index contributed by atoms with van der Waals surface area (Å²) < 4.78 is 5.81. The van der Waals surface area contributed by atoms with Crippen molar-refractivity contribution in [3.63, 3.8) is 0 Å². The molecule has 1 aliphatic heterocycles. The molecule has 0 spiro atoms. The van der Waals surface area contributed by atoms with Crippen molar-refractivity contribution in [2.45, 2.75) is 13.2 Å². The number of imide groups is 1. The molecule has 1 saturated heterocycles. The van der Waals surface area contributed by atoms with E-state index in [0.29, 0.717) is 26.3 Å². The maximum atomic E-state index is 13.0. The van der Waals surface area contributed by atoms with Crippen LogP contribution in [0.15, 0.2) is 89.8 Å². The molecule has 0 N–H and O–H groups in total. The Balaban J connectivity index is 1.29. The first-order valence-corrected chi connectivity index (χ1v) is 12.4. The van der Waals surface area contributed by atoms with Crippen LogP contribution in [0.25, 0.3) is 16.8 Å². The van der Waals surface area contributed by atoms with Gasteiger partial charge >= 0.3 is 0 Å². The maximum Gasteiger partial charge on any atom is 0.293 e. The Kier molecular flexibility index (Phi) is 6.82. The Bertz CT molecular complexity index is 1480. The summed E-state index contributed by atoms with van der Waals surface area (Å²) in [7, 11) is 0. The van der Waals surface area contributed by atoms with E-state index in [-0.39, 0.29) is 24.3 Å². The standard InChI is InChI=1S/C28H19Cl2NO3S/c29-23-8-4-3-7-22(23)17-34-25-12-10-18(14-24(25)30)15-26-27(32)31(28(33)35-26)16-19-9-11-20-5-1-2-6-21(20)13-19/h1-15H,16-17H2/b26-15-. The van der Waals surface area contributed by atoms with E-state index < -0.39 is 0 Å². The molecule has 0 unspecified atom stereocenters. The summed E-state index contributed by atoms with van der Waals surface area (Å²) in [6, 6.07) is 26.6. The zero-order chi connectivity index (χ0) is 24.4. The molecule has 1 aliphatic rings. The molecule has 5 rings (SSSR count). The van der Waals surface area contributed by atoms with Gasteiger partial charge in [0.2, 0.25) is 0 Å². The van der Waals surface area contributed by atoms with Gasteiger partial charge in [0, 0.05) is 10.6 Å². The van der Waals surface area contributed by atoms with Gasteiger partial charge < -0.3 is 4.74 Å². The number of carbonyl (C=O) groups excluding carboxylic acids is 2. The van der Waals surface area contributed by atoms with E-state index in [9.17, 15) is 9.59 Å². The Morgan fingerprint density at radius 2 is 1.60 bits per heavy atom. The summed E-state index contributed by atoms with van der Waals surface area (Å²) in [5, 5.41) is 2.92. The second kappa shape index (κ2) is 10.2. The van der Waals surface area contributed by atoms with Gasteiger partial charge in [-0.3, -0.25) is 14.5 Å². The lowest BCUT2D eigenvalue weighted by Gasteiger charge is -2.13. The molecule has 4 aromatic carbocycles. The molecule has 0 aliphatic carbocycles. The van der Waals surface area contributed by atoms with Gasteiger partial charge in [-0.15, -0.1) is 0 Å². The fraction of sp³-hybridized carbons (Fsp3) is 0.0714. The molecule has 1 heterocycles. The SMILES string of the molecule is O=C1S/C(=C\c2ccc(OCc3ccccc3Cl)c(Cl)c2)C(=O)N1Cc1ccc2ccccc2c1. The minimum Gasteiger partial charge on any atom is -0.487 e. The number of rotatable bonds is 6. The van der Waals surface area contributed by atoms with E-state index in [1.165, 1.54) is 4.90 Å². The monoisotopic (exact) mass is 519 g/mol. The lowest BCUT2D eigenvalue weighted by molar-refractivity contribution is -0.123. The van der Waals surface area contributed by atoms with Crippen molar-refractivity contribution in [3.05, 3.63) is 117 Å². The Hall–Kier alpha value is -3.25. The highest BCUT2D eigenvalue weighted by atomic mass is 35.5. The molecule has 7 heteroatoms. The number of fused-ring (bicyclic) bond motifs is 1. The number of ether oxygens (including phenoxy) is 1. The zero-order valence-electron chi connectivity index (χ0n) is 18.4. The van der Waals surface area contributed by atoms with Gasteiger partial charge in [0.25, 0.3) is 11.1 Å². The highest BCUT2D eigenvalue weighted by Gasteiger charge is 2.35. The van der Waals surface area contributed by atoms with Crippen molar-refractivity contribution in [1.82, 2.24) is 4.90 Å². The van der Waals surface area contributed by atoms with Gasteiger partial charge in [-0.25, -0.2) is 0 Å². The smallest absolute Gasteiger partial charge is 0.293 e. The fourth-order valence-electron chi connectivity index (χ4n) is 3.80. The van der Waals surface area contributed by atoms with Crippen LogP contribution >= 0.6 is 35.0 Å². The number of hydrogen-bond acceptors (Lipinski definition) is 4. The van der Waals surface area contributed by atoms with E-state index in [4.69, 9.17) is 27.9 Å². The van der Waals surface area contributed by atoms with Crippen LogP contribution in [0, 0.1) is 0 Å². The number of thioether (sulfide) groups is 1. The van der Waals surface area contributed by atoms with Crippen molar-refractivity contribution in [1.29, 1.82) is 0 Å². The second-order valence-electron chi connectivity index (χ2n) is 8.02. The molecule has 0 bridgehead atoms. The second-order valence-corrected chi connectivity index (χ2v) is 9.83. The molecule has 0 radical (unpaired) electrons. The van der Waals surface area contributed by atoms with Crippen molar-refractivity contribution in [2.24, 2.45) is 0 Å². The number of hydrogen-bond donors (Lipinski definition) is 0. The van der Waals surface area contributed by atoms with E-state index in [2.05, 4.69) is 0 Å². The van der Waals surface area contributed by atoms with Crippen LogP contribution in [0.1, 0.15) is 16.7 Å². The molecular formula is C28H19Cl2NO3S. The first kappa shape index (κ1) is 23.5. The Morgan fingerprint density at radius 1 is 0.829 bits per heavy atom. The van der Waals surface area contributed by atoms with Crippen LogP contribution in [-0.4, -0.2) is 16.0 Å². The van der Waals surface area contributed by atoms with E-state index in [1.807, 2.05) is 60.7 Å². The van der Waals surface area contributed by atoms with Gasteiger partial charge in [-0.2, -0.15) is 0 Å². The quantitative estimate of drug-likeness (QED) is 0.242. The summed E-state index contributed by atoms with van der Waals surface area (Å²) in [5.41, 5.74) is 2.46. The molecular weight excluding hydrogens is 501 g/mol. The number of carbonyl (C=O) groups is 2. The summed E-state index contributed by atoms with van der Waals surface area (Å²) in [6.45, 7) is 0.509. The number of amides is 2. The minimum atomic E-state index is -0.316. The van der Waals surface area contributed by atoms with E-state index in [1.54, 1.807) is 30.3 Å². The average molecular weight is 520 g/mol. The zero-order valence-corrected chi connectivity index (χ0v) is 20.7. The third kappa shape index (κ3) is 5.22. The van der Waals surface area contributed by atoms with Gasteiger partial charge in [-0.1, -0.05) is 83.9 Å². The topological polar surface area (TPSA) is 46.6 Å². The molecule has 0 atom stereocenters. The molecule has 35 heavy (non-hydrogen) atoms. The van der Waals surface area contributed by atoms with Crippen molar-refractivity contribution >= 4 is 63.0 Å². The fourth-order valence-corrected chi connectivity index (χ4v) is 5.07. The maximum absolute atomic E-state index is 13.0. The third-order valence-electron chi connectivity index (χ3n) is 5.62. The van der Waals surface area contributed by atoms with E-state index >= 15 is 0 Å². The molecule has 2 amide bonds. The molecule has 0 saturated carbocycles. The predicted molar refractivity (Wildman–Crippen MR) is 143 cm³/mol. The highest BCUT2D eigenvalue weighted by molar-refractivity contribution is 8.18. The average Bonchev–Trinajstić information content (AvgIpc) is 3.11. The Labute approximate surface area is 217 Å². The van der Waals surface area contributed by atoms with Crippen LogP contribution in [0.4, 0.5) is 4.79 Å². The molecule has 1 fully saturated rings. The summed E-state index contributed by atoms with van der Waals surface area (Å²) in [6.07, 6.45) is 1.68. The molecule has 4 nitrogen and oxygen atoms in total. The first-order chi connectivity index (χ1) is 17.0. The summed E-state index contributed by atoms with van der Waals surface area (Å²) in [5.74, 6) is 0.191. The molecule has 0 aromatic heterocycles. The lowest BCUT2D eigenvalue weighted by atomic mass is 10.1. The van der Waals surface area contributed by atoms with Crippen molar-refractivity contribution in [2.75, 3.05) is 0 Å². The number of benzene rings is 4. The number of halogens is 2. The van der Waals surface area contributed by atoms with Crippen LogP contribution in [0.5, 0.6) is 5.75 Å². The third-order valence-corrected chi connectivity index (χ3v) is 7.19. The van der Waals surface area contributed by atoms with Gasteiger partial charge in [-0.05, 0) is 64.0 Å². The van der Waals surface area contributed by atoms with Crippen LogP contribution in [0.3, 0.4) is 0 Å². The largest absolute Gasteiger partial charge is 0.487 e. The van der Waals surface area contributed by atoms with Gasteiger partial charge in [0.15, 0.2) is 0 Å². The minimum absolute atomic E-state index is 0.225. The van der Waals surface area contributed by atoms with E-state index in [0.717, 1.165) is 33.7 Å². The van der Waals surface area contributed by atoms with Crippen LogP contribution < -0.4 is 4.74 Å². The normalized spacial score (nSPS) is 14.8. The molecule has 174 valence electrons. The molecule has 4 aromatic rings. The van der Waals surface area contributed by atoms with Gasteiger partial charge in [0.05, 0.1) is 16.5 Å². The predicted octanol–water partition coefficient (Wildman–Crippen LogP) is 7.96. The van der Waals surface area contributed by atoms with Crippen molar-refractivity contribution in [3.8, 4) is 5.75 Å². The van der Waals surface area contributed by atoms with Crippen LogP contribution in [0.2, 0.25) is 10.0 Å². The lowest BCUT2D eigenvalue weighted by Crippen LogP contribution is -2.27. The summed E-state index contributed by atoms with van der Waals surface area (Å²) >= 11 is 13.5.